The minimum atomic E-state index is 0.137. The molecular weight excluding hydrogens is 242 g/mol. The Balaban J connectivity index is 1.51. The first kappa shape index (κ1) is 12.2. The van der Waals surface area contributed by atoms with Crippen LogP contribution in [0.15, 0.2) is 0 Å². The highest BCUT2D eigenvalue weighted by Gasteiger charge is 2.48. The molecule has 5 atom stereocenters. The van der Waals surface area contributed by atoms with Gasteiger partial charge in [0.2, 0.25) is 5.91 Å². The predicted molar refractivity (Wildman–Crippen MR) is 69.7 cm³/mol. The maximum absolute atomic E-state index is 12.9. The van der Waals surface area contributed by atoms with Crippen LogP contribution in [0, 0.1) is 5.92 Å². The molecule has 19 heavy (non-hydrogen) atoms. The predicted octanol–water partition coefficient (Wildman–Crippen LogP) is 1.72. The number of hydrogen-bond acceptors (Lipinski definition) is 3. The summed E-state index contributed by atoms with van der Waals surface area (Å²) in [6, 6.07) is 0.342. The molecule has 4 aliphatic rings. The van der Waals surface area contributed by atoms with E-state index in [0.717, 1.165) is 51.7 Å². The number of carbonyl (C=O) groups is 1. The lowest BCUT2D eigenvalue weighted by Gasteiger charge is -2.33. The number of nitrogens with zero attached hydrogens (tertiary/aromatic N) is 1. The molecule has 106 valence electrons. The Morgan fingerprint density at radius 1 is 1.05 bits per heavy atom. The second kappa shape index (κ2) is 4.74. The van der Waals surface area contributed by atoms with Gasteiger partial charge in [0.15, 0.2) is 0 Å². The van der Waals surface area contributed by atoms with Crippen molar-refractivity contribution in [2.24, 2.45) is 5.92 Å². The number of fused-ring (bicyclic) bond motifs is 3. The van der Waals surface area contributed by atoms with Gasteiger partial charge in [0.05, 0.1) is 30.3 Å². The van der Waals surface area contributed by atoms with Gasteiger partial charge in [-0.1, -0.05) is 0 Å². The highest BCUT2D eigenvalue weighted by atomic mass is 16.5. The van der Waals surface area contributed by atoms with Gasteiger partial charge in [-0.05, 0) is 44.9 Å². The summed E-state index contributed by atoms with van der Waals surface area (Å²) in [5.74, 6) is 0.493. The summed E-state index contributed by atoms with van der Waals surface area (Å²) in [5, 5.41) is 0. The van der Waals surface area contributed by atoms with E-state index in [1.54, 1.807) is 0 Å². The van der Waals surface area contributed by atoms with Crippen molar-refractivity contribution < 1.29 is 14.3 Å². The molecular formula is C15H23NO3. The van der Waals surface area contributed by atoms with E-state index in [1.807, 2.05) is 0 Å². The molecule has 2 bridgehead atoms. The van der Waals surface area contributed by atoms with Crippen molar-refractivity contribution in [3.63, 3.8) is 0 Å². The minimum absolute atomic E-state index is 0.137. The van der Waals surface area contributed by atoms with Crippen LogP contribution in [0.25, 0.3) is 0 Å². The first-order valence-electron chi connectivity index (χ1n) is 7.90. The van der Waals surface area contributed by atoms with Crippen LogP contribution in [0.2, 0.25) is 0 Å². The van der Waals surface area contributed by atoms with E-state index in [0.29, 0.717) is 24.2 Å². The van der Waals surface area contributed by atoms with Crippen molar-refractivity contribution in [2.75, 3.05) is 13.2 Å². The third-order valence-corrected chi connectivity index (χ3v) is 5.40. The van der Waals surface area contributed by atoms with E-state index >= 15 is 0 Å². The van der Waals surface area contributed by atoms with E-state index in [1.165, 1.54) is 6.42 Å². The van der Waals surface area contributed by atoms with Crippen molar-refractivity contribution in [3.8, 4) is 0 Å². The molecule has 0 spiro atoms. The van der Waals surface area contributed by atoms with Crippen LogP contribution in [-0.4, -0.2) is 48.3 Å². The zero-order chi connectivity index (χ0) is 12.8. The van der Waals surface area contributed by atoms with Gasteiger partial charge in [-0.2, -0.15) is 0 Å². The normalized spacial score (nSPS) is 45.3. The molecule has 1 saturated carbocycles. The molecule has 3 saturated heterocycles. The average molecular weight is 265 g/mol. The van der Waals surface area contributed by atoms with Crippen LogP contribution in [0.3, 0.4) is 0 Å². The number of amides is 1. The maximum atomic E-state index is 12.9. The summed E-state index contributed by atoms with van der Waals surface area (Å²) in [6.45, 7) is 1.70. The van der Waals surface area contributed by atoms with Crippen molar-refractivity contribution in [1.29, 1.82) is 0 Å². The second-order valence-electron chi connectivity index (χ2n) is 6.51. The second-order valence-corrected chi connectivity index (χ2v) is 6.51. The van der Waals surface area contributed by atoms with E-state index in [4.69, 9.17) is 9.47 Å². The van der Waals surface area contributed by atoms with Gasteiger partial charge in [-0.25, -0.2) is 0 Å². The minimum Gasteiger partial charge on any atom is -0.376 e. The third kappa shape index (κ3) is 2.00. The zero-order valence-electron chi connectivity index (χ0n) is 11.4. The molecule has 0 aromatic carbocycles. The lowest BCUT2D eigenvalue weighted by atomic mass is 9.87. The van der Waals surface area contributed by atoms with Gasteiger partial charge in [-0.15, -0.1) is 0 Å². The Morgan fingerprint density at radius 3 is 2.79 bits per heavy atom. The Hall–Kier alpha value is -0.610. The van der Waals surface area contributed by atoms with Gasteiger partial charge in [0, 0.05) is 13.2 Å². The molecule has 0 radical (unpaired) electrons. The molecule has 4 rings (SSSR count). The van der Waals surface area contributed by atoms with E-state index in [9.17, 15) is 4.79 Å². The fourth-order valence-electron chi connectivity index (χ4n) is 4.48. The van der Waals surface area contributed by atoms with Gasteiger partial charge >= 0.3 is 0 Å². The van der Waals surface area contributed by atoms with E-state index in [-0.39, 0.29) is 12.0 Å². The molecule has 1 aliphatic carbocycles. The molecule has 4 fully saturated rings. The largest absolute Gasteiger partial charge is 0.376 e. The molecule has 0 aromatic rings. The van der Waals surface area contributed by atoms with Crippen LogP contribution in [0.4, 0.5) is 0 Å². The lowest BCUT2D eigenvalue weighted by Crippen LogP contribution is -2.48. The highest BCUT2D eigenvalue weighted by molar-refractivity contribution is 5.80. The van der Waals surface area contributed by atoms with Crippen LogP contribution in [-0.2, 0) is 14.3 Å². The third-order valence-electron chi connectivity index (χ3n) is 5.40. The fraction of sp³-hybridized carbons (Fsp3) is 0.933. The number of carbonyl (C=O) groups excluding carboxylic acids is 1. The zero-order valence-corrected chi connectivity index (χ0v) is 11.4. The van der Waals surface area contributed by atoms with Crippen LogP contribution < -0.4 is 0 Å². The standard InChI is InChI=1S/C15H23NO3/c17-15(11-9-10-5-6-13(11)19-10)16-7-2-8-18-14-4-1-3-12(14)16/h10-14H,1-9H2. The SMILES string of the molecule is O=C(C1CC2CCC1O2)N1CCCOC2CCCC21. The Bertz CT molecular complexity index is 372. The Morgan fingerprint density at radius 2 is 2.00 bits per heavy atom. The monoisotopic (exact) mass is 265 g/mol. The van der Waals surface area contributed by atoms with E-state index in [2.05, 4.69) is 4.90 Å². The Labute approximate surface area is 114 Å². The highest BCUT2D eigenvalue weighted by Crippen LogP contribution is 2.41. The quantitative estimate of drug-likeness (QED) is 0.724. The average Bonchev–Trinajstić information content (AvgIpc) is 3.12. The fourth-order valence-corrected chi connectivity index (χ4v) is 4.48. The molecule has 0 N–H and O–H groups in total. The molecule has 5 unspecified atom stereocenters. The summed E-state index contributed by atoms with van der Waals surface area (Å²) >= 11 is 0. The Kier molecular flexibility index (Phi) is 3.03. The smallest absolute Gasteiger partial charge is 0.228 e. The number of ether oxygens (including phenoxy) is 2. The summed E-state index contributed by atoms with van der Waals surface area (Å²) in [5.41, 5.74) is 0. The molecule has 4 heteroatoms. The number of hydrogen-bond donors (Lipinski definition) is 0. The first-order valence-corrected chi connectivity index (χ1v) is 7.90. The molecule has 3 aliphatic heterocycles. The van der Waals surface area contributed by atoms with Gasteiger partial charge in [0.25, 0.3) is 0 Å². The molecule has 3 heterocycles. The summed E-state index contributed by atoms with van der Waals surface area (Å²) in [6.07, 6.45) is 8.50. The lowest BCUT2D eigenvalue weighted by molar-refractivity contribution is -0.140. The van der Waals surface area contributed by atoms with Crippen LogP contribution in [0.1, 0.15) is 44.9 Å². The number of rotatable bonds is 1. The molecule has 0 aromatic heterocycles. The van der Waals surface area contributed by atoms with Crippen LogP contribution in [0.5, 0.6) is 0 Å². The van der Waals surface area contributed by atoms with E-state index < -0.39 is 0 Å². The van der Waals surface area contributed by atoms with Gasteiger partial charge < -0.3 is 14.4 Å². The van der Waals surface area contributed by atoms with Crippen molar-refractivity contribution >= 4 is 5.91 Å². The summed E-state index contributed by atoms with van der Waals surface area (Å²) < 4.78 is 11.8. The maximum Gasteiger partial charge on any atom is 0.228 e. The molecule has 4 nitrogen and oxygen atoms in total. The van der Waals surface area contributed by atoms with Gasteiger partial charge in [-0.3, -0.25) is 4.79 Å². The van der Waals surface area contributed by atoms with Crippen molar-refractivity contribution in [1.82, 2.24) is 4.90 Å². The van der Waals surface area contributed by atoms with Gasteiger partial charge in [0.1, 0.15) is 0 Å². The molecule has 1 amide bonds. The summed E-state index contributed by atoms with van der Waals surface area (Å²) in [7, 11) is 0. The first-order chi connectivity index (χ1) is 9.33. The van der Waals surface area contributed by atoms with Crippen molar-refractivity contribution in [3.05, 3.63) is 0 Å². The topological polar surface area (TPSA) is 38.8 Å². The van der Waals surface area contributed by atoms with Crippen LogP contribution >= 0.6 is 0 Å². The van der Waals surface area contributed by atoms with Crippen molar-refractivity contribution in [2.45, 2.75) is 69.3 Å². The summed E-state index contributed by atoms with van der Waals surface area (Å²) in [4.78, 5) is 15.0.